The van der Waals surface area contributed by atoms with Crippen LogP contribution in [0.25, 0.3) is 11.3 Å². The van der Waals surface area contributed by atoms with Crippen LogP contribution in [-0.2, 0) is 18.0 Å². The third-order valence-corrected chi connectivity index (χ3v) is 3.55. The van der Waals surface area contributed by atoms with Crippen LogP contribution in [0.15, 0.2) is 6.20 Å². The Bertz CT molecular complexity index is 662. The summed E-state index contributed by atoms with van der Waals surface area (Å²) in [4.78, 5) is 4.72. The van der Waals surface area contributed by atoms with Gasteiger partial charge in [-0.2, -0.15) is 5.10 Å². The van der Waals surface area contributed by atoms with Crippen molar-refractivity contribution in [3.63, 3.8) is 0 Å². The van der Waals surface area contributed by atoms with Crippen molar-refractivity contribution < 1.29 is 0 Å². The molecule has 0 atom stereocenters. The van der Waals surface area contributed by atoms with Crippen LogP contribution in [0.2, 0.25) is 0 Å². The minimum absolute atomic E-state index is 0.0531. The van der Waals surface area contributed by atoms with Crippen LogP contribution in [0.3, 0.4) is 0 Å². The van der Waals surface area contributed by atoms with Crippen LogP contribution in [0, 0.1) is 6.92 Å². The van der Waals surface area contributed by atoms with Gasteiger partial charge in [0.1, 0.15) is 17.3 Å². The van der Waals surface area contributed by atoms with Crippen molar-refractivity contribution in [2.75, 3.05) is 5.73 Å². The van der Waals surface area contributed by atoms with E-state index in [1.165, 1.54) is 0 Å². The highest BCUT2D eigenvalue weighted by Gasteiger charge is 2.28. The summed E-state index contributed by atoms with van der Waals surface area (Å²) in [5.74, 6) is 1.64. The molecule has 0 radical (unpaired) electrons. The van der Waals surface area contributed by atoms with Gasteiger partial charge in [0.2, 0.25) is 0 Å². The van der Waals surface area contributed by atoms with Gasteiger partial charge in [0.05, 0.1) is 5.69 Å². The molecule has 0 bridgehead atoms. The number of aryl methyl sites for hydroxylation is 2. The first kappa shape index (κ1) is 15.6. The molecule has 0 aliphatic rings. The molecule has 21 heavy (non-hydrogen) atoms. The SMILES string of the molecule is Cc1nc(-c2cn(C)nc2C(C)(C)C)c(N)n1C(C)(C)C. The fourth-order valence-electron chi connectivity index (χ4n) is 2.81. The quantitative estimate of drug-likeness (QED) is 0.876. The largest absolute Gasteiger partial charge is 0.383 e. The minimum atomic E-state index is -0.0937. The fourth-order valence-corrected chi connectivity index (χ4v) is 2.81. The van der Waals surface area contributed by atoms with E-state index in [1.54, 1.807) is 0 Å². The second kappa shape index (κ2) is 4.61. The van der Waals surface area contributed by atoms with E-state index in [4.69, 9.17) is 10.7 Å². The van der Waals surface area contributed by atoms with E-state index in [2.05, 4.69) is 51.2 Å². The molecule has 2 N–H and O–H groups in total. The van der Waals surface area contributed by atoms with Crippen LogP contribution in [0.4, 0.5) is 5.82 Å². The first-order valence-corrected chi connectivity index (χ1v) is 7.32. The molecule has 2 heterocycles. The Balaban J connectivity index is 2.70. The monoisotopic (exact) mass is 289 g/mol. The molecule has 0 saturated heterocycles. The van der Waals surface area contributed by atoms with Gasteiger partial charge in [0, 0.05) is 29.8 Å². The Kier molecular flexibility index (Phi) is 3.43. The van der Waals surface area contributed by atoms with Gasteiger partial charge >= 0.3 is 0 Å². The zero-order valence-electron chi connectivity index (χ0n) is 14.4. The van der Waals surface area contributed by atoms with Gasteiger partial charge in [-0.05, 0) is 27.7 Å². The minimum Gasteiger partial charge on any atom is -0.383 e. The second-order valence-electron chi connectivity index (χ2n) is 7.71. The highest BCUT2D eigenvalue weighted by atomic mass is 15.3. The van der Waals surface area contributed by atoms with Gasteiger partial charge in [-0.25, -0.2) is 4.98 Å². The number of imidazole rings is 1. The predicted molar refractivity (Wildman–Crippen MR) is 87.3 cm³/mol. The lowest BCUT2D eigenvalue weighted by atomic mass is 9.89. The Morgan fingerprint density at radius 3 is 2.10 bits per heavy atom. The zero-order chi connectivity index (χ0) is 16.2. The van der Waals surface area contributed by atoms with Crippen molar-refractivity contribution in [1.29, 1.82) is 0 Å². The Hall–Kier alpha value is -1.78. The van der Waals surface area contributed by atoms with E-state index in [1.807, 2.05) is 24.9 Å². The number of rotatable bonds is 1. The number of nitrogens with two attached hydrogens (primary N) is 1. The molecule has 0 spiro atoms. The maximum atomic E-state index is 6.41. The number of hydrogen-bond donors (Lipinski definition) is 1. The summed E-state index contributed by atoms with van der Waals surface area (Å²) in [5.41, 5.74) is 9.14. The molecular formula is C16H27N5. The number of nitrogens with zero attached hydrogens (tertiary/aromatic N) is 4. The van der Waals surface area contributed by atoms with E-state index in [9.17, 15) is 0 Å². The molecule has 0 aliphatic carbocycles. The molecule has 0 unspecified atom stereocenters. The van der Waals surface area contributed by atoms with Gasteiger partial charge in [-0.3, -0.25) is 4.68 Å². The van der Waals surface area contributed by atoms with Crippen LogP contribution in [0.1, 0.15) is 53.1 Å². The third kappa shape index (κ3) is 2.69. The highest BCUT2D eigenvalue weighted by Crippen LogP contribution is 2.36. The van der Waals surface area contributed by atoms with E-state index in [0.717, 1.165) is 22.8 Å². The van der Waals surface area contributed by atoms with Crippen molar-refractivity contribution in [1.82, 2.24) is 19.3 Å². The van der Waals surface area contributed by atoms with Gasteiger partial charge in [-0.1, -0.05) is 20.8 Å². The maximum absolute atomic E-state index is 6.41. The molecule has 0 amide bonds. The van der Waals surface area contributed by atoms with Crippen molar-refractivity contribution in [2.45, 2.75) is 59.4 Å². The Morgan fingerprint density at radius 1 is 1.10 bits per heavy atom. The third-order valence-electron chi connectivity index (χ3n) is 3.55. The number of anilines is 1. The average Bonchev–Trinajstić information content (AvgIpc) is 2.77. The number of hydrogen-bond acceptors (Lipinski definition) is 3. The first-order valence-electron chi connectivity index (χ1n) is 7.32. The fraction of sp³-hybridized carbons (Fsp3) is 0.625. The summed E-state index contributed by atoms with van der Waals surface area (Å²) >= 11 is 0. The molecule has 2 rings (SSSR count). The molecule has 0 saturated carbocycles. The summed E-state index contributed by atoms with van der Waals surface area (Å²) in [5, 5.41) is 4.61. The molecule has 0 aromatic carbocycles. The van der Waals surface area contributed by atoms with Gasteiger partial charge in [-0.15, -0.1) is 0 Å². The summed E-state index contributed by atoms with van der Waals surface area (Å²) in [6.07, 6.45) is 2.01. The second-order valence-corrected chi connectivity index (χ2v) is 7.71. The van der Waals surface area contributed by atoms with E-state index >= 15 is 0 Å². The van der Waals surface area contributed by atoms with Gasteiger partial charge in [0.15, 0.2) is 0 Å². The van der Waals surface area contributed by atoms with Crippen LogP contribution < -0.4 is 5.73 Å². The average molecular weight is 289 g/mol. The van der Waals surface area contributed by atoms with Crippen molar-refractivity contribution in [3.8, 4) is 11.3 Å². The Morgan fingerprint density at radius 2 is 1.67 bits per heavy atom. The summed E-state index contributed by atoms with van der Waals surface area (Å²) in [7, 11) is 1.93. The predicted octanol–water partition coefficient (Wildman–Crippen LogP) is 3.23. The topological polar surface area (TPSA) is 61.7 Å². The molecule has 0 aliphatic heterocycles. The van der Waals surface area contributed by atoms with Crippen molar-refractivity contribution in [2.24, 2.45) is 7.05 Å². The number of nitrogen functional groups attached to an aromatic ring is 1. The lowest BCUT2D eigenvalue weighted by Gasteiger charge is -2.24. The lowest BCUT2D eigenvalue weighted by Crippen LogP contribution is -2.24. The highest BCUT2D eigenvalue weighted by molar-refractivity contribution is 5.73. The van der Waals surface area contributed by atoms with Gasteiger partial charge < -0.3 is 10.3 Å². The molecule has 5 heteroatoms. The summed E-state index contributed by atoms with van der Waals surface area (Å²) in [6, 6.07) is 0. The Labute approximate surface area is 127 Å². The van der Waals surface area contributed by atoms with Crippen LogP contribution in [0.5, 0.6) is 0 Å². The first-order chi connectivity index (χ1) is 9.43. The lowest BCUT2D eigenvalue weighted by molar-refractivity contribution is 0.393. The van der Waals surface area contributed by atoms with E-state index in [-0.39, 0.29) is 11.0 Å². The molecule has 5 nitrogen and oxygen atoms in total. The normalized spacial score (nSPS) is 13.0. The van der Waals surface area contributed by atoms with Crippen molar-refractivity contribution in [3.05, 3.63) is 17.7 Å². The summed E-state index contributed by atoms with van der Waals surface area (Å²) in [6.45, 7) is 14.9. The van der Waals surface area contributed by atoms with E-state index in [0.29, 0.717) is 5.82 Å². The van der Waals surface area contributed by atoms with Crippen LogP contribution >= 0.6 is 0 Å². The number of aromatic nitrogens is 4. The van der Waals surface area contributed by atoms with Crippen molar-refractivity contribution >= 4 is 5.82 Å². The van der Waals surface area contributed by atoms with E-state index < -0.39 is 0 Å². The maximum Gasteiger partial charge on any atom is 0.132 e. The molecule has 2 aromatic rings. The molecule has 116 valence electrons. The zero-order valence-corrected chi connectivity index (χ0v) is 14.4. The standard InChI is InChI=1S/C16H27N5/c1-10-18-12(14(17)21(10)16(5,6)7)11-9-20(8)19-13(11)15(2,3)4/h9H,17H2,1-8H3. The smallest absolute Gasteiger partial charge is 0.132 e. The molecular weight excluding hydrogens is 262 g/mol. The van der Waals surface area contributed by atoms with Gasteiger partial charge in [0.25, 0.3) is 0 Å². The molecule has 2 aromatic heterocycles. The van der Waals surface area contributed by atoms with Crippen LogP contribution in [-0.4, -0.2) is 19.3 Å². The molecule has 0 fully saturated rings. The summed E-state index contributed by atoms with van der Waals surface area (Å²) < 4.78 is 3.92.